The Morgan fingerprint density at radius 2 is 1.53 bits per heavy atom. The highest BCUT2D eigenvalue weighted by atomic mass is 16.4. The number of benzene rings is 2. The Balaban J connectivity index is 1.85. The fraction of sp³-hybridized carbons (Fsp3) is 0.259. The van der Waals surface area contributed by atoms with Crippen molar-refractivity contribution in [3.8, 4) is 0 Å². The van der Waals surface area contributed by atoms with Crippen LogP contribution in [0.3, 0.4) is 0 Å². The number of guanidine groups is 1. The van der Waals surface area contributed by atoms with E-state index in [1.165, 1.54) is 10.6 Å². The van der Waals surface area contributed by atoms with E-state index in [2.05, 4.69) is 10.3 Å². The van der Waals surface area contributed by atoms with Crippen LogP contribution in [0.25, 0.3) is 0 Å². The molecule has 1 aromatic heterocycles. The quantitative estimate of drug-likeness (QED) is 0.174. The molecule has 0 fully saturated rings. The molecule has 0 saturated heterocycles. The molecule has 1 heterocycles. The van der Waals surface area contributed by atoms with Gasteiger partial charge in [-0.1, -0.05) is 60.7 Å². The molecule has 36 heavy (non-hydrogen) atoms. The lowest BCUT2D eigenvalue weighted by atomic mass is 9.98. The molecule has 9 heteroatoms. The molecule has 0 saturated carbocycles. The van der Waals surface area contributed by atoms with Crippen molar-refractivity contribution in [2.24, 2.45) is 16.5 Å². The lowest BCUT2D eigenvalue weighted by molar-refractivity contribution is -0.137. The standard InChI is InChI=1S/C27H31N5O4/c28-27(29)30-16-8-7-14-21(18-23(33)34)31-25(35)22-15-9-17-32(26(22)36)24(19-10-3-1-4-11-19)20-12-5-2-6-13-20/h1-6,9-13,15,17,21,24H,7-8,14,16,18H2,(H,31,35)(H,33,34)(H4,28,29,30)/t21-/m0/s1. The van der Waals surface area contributed by atoms with Crippen molar-refractivity contribution >= 4 is 17.8 Å². The molecule has 0 bridgehead atoms. The molecule has 1 atom stereocenters. The van der Waals surface area contributed by atoms with Gasteiger partial charge >= 0.3 is 5.97 Å². The van der Waals surface area contributed by atoms with Gasteiger partial charge in [-0.15, -0.1) is 0 Å². The Labute approximate surface area is 209 Å². The van der Waals surface area contributed by atoms with Crippen LogP contribution in [-0.4, -0.2) is 40.1 Å². The number of carbonyl (C=O) groups is 2. The topological polar surface area (TPSA) is 153 Å². The molecule has 0 spiro atoms. The van der Waals surface area contributed by atoms with Gasteiger partial charge in [0.25, 0.3) is 11.5 Å². The summed E-state index contributed by atoms with van der Waals surface area (Å²) < 4.78 is 1.53. The predicted molar refractivity (Wildman–Crippen MR) is 139 cm³/mol. The third-order valence-corrected chi connectivity index (χ3v) is 5.74. The zero-order valence-corrected chi connectivity index (χ0v) is 19.9. The van der Waals surface area contributed by atoms with Gasteiger partial charge in [0, 0.05) is 18.8 Å². The molecular weight excluding hydrogens is 458 g/mol. The fourth-order valence-corrected chi connectivity index (χ4v) is 4.08. The van der Waals surface area contributed by atoms with Gasteiger partial charge in [0.2, 0.25) is 0 Å². The van der Waals surface area contributed by atoms with Crippen LogP contribution in [0, 0.1) is 0 Å². The number of nitrogens with zero attached hydrogens (tertiary/aromatic N) is 2. The van der Waals surface area contributed by atoms with E-state index in [1.807, 2.05) is 60.7 Å². The third kappa shape index (κ3) is 7.30. The maximum Gasteiger partial charge on any atom is 0.305 e. The molecule has 0 aliphatic heterocycles. The number of rotatable bonds is 12. The highest BCUT2D eigenvalue weighted by Gasteiger charge is 2.23. The zero-order valence-electron chi connectivity index (χ0n) is 19.9. The minimum atomic E-state index is -1.04. The van der Waals surface area contributed by atoms with Crippen molar-refractivity contribution in [2.75, 3.05) is 6.54 Å². The highest BCUT2D eigenvalue weighted by Crippen LogP contribution is 2.25. The maximum absolute atomic E-state index is 13.5. The van der Waals surface area contributed by atoms with E-state index in [4.69, 9.17) is 11.5 Å². The molecule has 188 valence electrons. The number of carboxylic acid groups (broad SMARTS) is 1. The third-order valence-electron chi connectivity index (χ3n) is 5.74. The van der Waals surface area contributed by atoms with Gasteiger partial charge in [-0.3, -0.25) is 19.4 Å². The number of nitrogens with two attached hydrogens (primary N) is 2. The molecule has 1 amide bonds. The summed E-state index contributed by atoms with van der Waals surface area (Å²) in [5.74, 6) is -1.65. The first-order valence-electron chi connectivity index (χ1n) is 11.8. The van der Waals surface area contributed by atoms with Gasteiger partial charge in [-0.2, -0.15) is 0 Å². The van der Waals surface area contributed by atoms with E-state index in [0.717, 1.165) is 11.1 Å². The summed E-state index contributed by atoms with van der Waals surface area (Å²) in [6, 6.07) is 21.2. The first kappa shape index (κ1) is 26.2. The number of pyridine rings is 1. The number of hydrogen-bond donors (Lipinski definition) is 4. The molecule has 2 aromatic carbocycles. The largest absolute Gasteiger partial charge is 0.481 e. The van der Waals surface area contributed by atoms with Crippen LogP contribution in [0.2, 0.25) is 0 Å². The van der Waals surface area contributed by atoms with E-state index in [1.54, 1.807) is 12.3 Å². The van der Waals surface area contributed by atoms with Crippen molar-refractivity contribution in [3.05, 3.63) is 106 Å². The Morgan fingerprint density at radius 3 is 2.08 bits per heavy atom. The van der Waals surface area contributed by atoms with Crippen LogP contribution in [0.5, 0.6) is 0 Å². The average molecular weight is 490 g/mol. The number of amides is 1. The van der Waals surface area contributed by atoms with Gasteiger partial charge in [-0.25, -0.2) is 0 Å². The summed E-state index contributed by atoms with van der Waals surface area (Å²) in [6.45, 7) is 0.416. The second-order valence-electron chi connectivity index (χ2n) is 8.43. The lowest BCUT2D eigenvalue weighted by Crippen LogP contribution is -2.40. The average Bonchev–Trinajstić information content (AvgIpc) is 2.85. The summed E-state index contributed by atoms with van der Waals surface area (Å²) >= 11 is 0. The number of carbonyl (C=O) groups excluding carboxylic acids is 1. The minimum absolute atomic E-state index is 0.00458. The molecule has 0 aliphatic rings. The van der Waals surface area contributed by atoms with Crippen molar-refractivity contribution in [1.82, 2.24) is 9.88 Å². The number of nitrogens with one attached hydrogen (secondary N) is 1. The number of hydrogen-bond acceptors (Lipinski definition) is 4. The Morgan fingerprint density at radius 1 is 0.917 bits per heavy atom. The smallest absolute Gasteiger partial charge is 0.305 e. The second-order valence-corrected chi connectivity index (χ2v) is 8.43. The van der Waals surface area contributed by atoms with E-state index in [9.17, 15) is 19.5 Å². The Bertz CT molecular complexity index is 1200. The van der Waals surface area contributed by atoms with Crippen molar-refractivity contribution in [1.29, 1.82) is 0 Å². The number of aliphatic imine (C=N–C) groups is 1. The van der Waals surface area contributed by atoms with Crippen molar-refractivity contribution in [2.45, 2.75) is 37.8 Å². The van der Waals surface area contributed by atoms with Crippen molar-refractivity contribution in [3.63, 3.8) is 0 Å². The maximum atomic E-state index is 13.5. The number of aliphatic carboxylic acids is 1. The molecule has 0 unspecified atom stereocenters. The predicted octanol–water partition coefficient (Wildman–Crippen LogP) is 2.50. The number of unbranched alkanes of at least 4 members (excludes halogenated alkanes) is 1. The first-order chi connectivity index (χ1) is 17.4. The molecule has 6 N–H and O–H groups in total. The van der Waals surface area contributed by atoms with Gasteiger partial charge in [0.1, 0.15) is 5.56 Å². The summed E-state index contributed by atoms with van der Waals surface area (Å²) in [4.78, 5) is 41.9. The summed E-state index contributed by atoms with van der Waals surface area (Å²) in [6.07, 6.45) is 3.06. The Hall–Kier alpha value is -4.40. The van der Waals surface area contributed by atoms with Gasteiger partial charge in [0.05, 0.1) is 12.5 Å². The van der Waals surface area contributed by atoms with Gasteiger partial charge in [0.15, 0.2) is 5.96 Å². The molecule has 3 rings (SSSR count). The van der Waals surface area contributed by atoms with E-state index < -0.39 is 29.5 Å². The second kappa shape index (κ2) is 12.9. The summed E-state index contributed by atoms with van der Waals surface area (Å²) in [5.41, 5.74) is 11.9. The summed E-state index contributed by atoms with van der Waals surface area (Å²) in [7, 11) is 0. The summed E-state index contributed by atoms with van der Waals surface area (Å²) in [5, 5.41) is 12.0. The van der Waals surface area contributed by atoms with Crippen LogP contribution in [0.1, 0.15) is 53.2 Å². The van der Waals surface area contributed by atoms with E-state index >= 15 is 0 Å². The monoisotopic (exact) mass is 489 g/mol. The molecule has 0 aliphatic carbocycles. The van der Waals surface area contributed by atoms with Crippen LogP contribution in [0.15, 0.2) is 88.8 Å². The minimum Gasteiger partial charge on any atom is -0.481 e. The molecule has 0 radical (unpaired) electrons. The molecular formula is C27H31N5O4. The van der Waals surface area contributed by atoms with Crippen LogP contribution in [-0.2, 0) is 4.79 Å². The fourth-order valence-electron chi connectivity index (χ4n) is 4.08. The first-order valence-corrected chi connectivity index (χ1v) is 11.8. The van der Waals surface area contributed by atoms with Crippen molar-refractivity contribution < 1.29 is 14.7 Å². The molecule has 9 nitrogen and oxygen atoms in total. The van der Waals surface area contributed by atoms with Gasteiger partial charge in [-0.05, 0) is 42.5 Å². The van der Waals surface area contributed by atoms with E-state index in [0.29, 0.717) is 25.8 Å². The molecule has 3 aromatic rings. The number of aromatic nitrogens is 1. The van der Waals surface area contributed by atoms with Crippen LogP contribution < -0.4 is 22.3 Å². The van der Waals surface area contributed by atoms with E-state index in [-0.39, 0.29) is 17.9 Å². The highest BCUT2D eigenvalue weighted by molar-refractivity contribution is 5.94. The lowest BCUT2D eigenvalue weighted by Gasteiger charge is -2.22. The van der Waals surface area contributed by atoms with Crippen LogP contribution >= 0.6 is 0 Å². The van der Waals surface area contributed by atoms with Crippen LogP contribution in [0.4, 0.5) is 0 Å². The Kier molecular flexibility index (Phi) is 9.39. The normalized spacial score (nSPS) is 11.6. The van der Waals surface area contributed by atoms with Gasteiger partial charge < -0.3 is 26.5 Å². The number of carboxylic acids is 1. The SMILES string of the molecule is NC(N)=NCCCC[C@@H](CC(=O)O)NC(=O)c1cccn(C(c2ccccc2)c2ccccc2)c1=O. The zero-order chi connectivity index (χ0) is 25.9.